The van der Waals surface area contributed by atoms with Gasteiger partial charge in [0, 0.05) is 31.1 Å². The molecule has 0 aliphatic carbocycles. The van der Waals surface area contributed by atoms with Gasteiger partial charge in [0.2, 0.25) is 0 Å². The Morgan fingerprint density at radius 3 is 2.65 bits per heavy atom. The van der Waals surface area contributed by atoms with Gasteiger partial charge in [-0.1, -0.05) is 24.3 Å². The number of fused-ring (bicyclic) bond motifs is 1. The largest absolute Gasteiger partial charge is 0.396 e. The standard InChI is InChI=1S/C18H19N3O2/c22-12-6-10-20(16-7-2-1-3-8-16)14-15-13-18(23)21-11-5-4-9-17(21)19-15/h1-5,7-9,11,13,22H,6,10,12,14H2. The molecule has 3 aromatic rings. The molecule has 0 unspecified atom stereocenters. The molecule has 0 radical (unpaired) electrons. The zero-order valence-electron chi connectivity index (χ0n) is 12.8. The van der Waals surface area contributed by atoms with Gasteiger partial charge in [-0.3, -0.25) is 9.20 Å². The van der Waals surface area contributed by atoms with Crippen LogP contribution in [-0.4, -0.2) is 27.6 Å². The predicted molar refractivity (Wildman–Crippen MR) is 90.7 cm³/mol. The highest BCUT2D eigenvalue weighted by atomic mass is 16.3. The second-order valence-corrected chi connectivity index (χ2v) is 5.35. The van der Waals surface area contributed by atoms with Crippen molar-refractivity contribution in [3.63, 3.8) is 0 Å². The van der Waals surface area contributed by atoms with Gasteiger partial charge < -0.3 is 10.0 Å². The van der Waals surface area contributed by atoms with Crippen molar-refractivity contribution in [1.29, 1.82) is 0 Å². The van der Waals surface area contributed by atoms with Crippen molar-refractivity contribution in [3.05, 3.63) is 76.8 Å². The van der Waals surface area contributed by atoms with Crippen LogP contribution in [0.5, 0.6) is 0 Å². The van der Waals surface area contributed by atoms with Crippen molar-refractivity contribution in [2.75, 3.05) is 18.1 Å². The number of hydrogen-bond donors (Lipinski definition) is 1. The summed E-state index contributed by atoms with van der Waals surface area (Å²) < 4.78 is 1.53. The maximum atomic E-state index is 12.2. The average Bonchev–Trinajstić information content (AvgIpc) is 2.59. The molecule has 2 heterocycles. The molecule has 1 aromatic carbocycles. The summed E-state index contributed by atoms with van der Waals surface area (Å²) in [6, 6.07) is 17.0. The number of aliphatic hydroxyl groups excluding tert-OH is 1. The molecule has 0 atom stereocenters. The highest BCUT2D eigenvalue weighted by molar-refractivity contribution is 5.47. The fraction of sp³-hybridized carbons (Fsp3) is 0.222. The van der Waals surface area contributed by atoms with Crippen molar-refractivity contribution in [2.45, 2.75) is 13.0 Å². The molecule has 5 heteroatoms. The molecule has 0 aliphatic heterocycles. The Morgan fingerprint density at radius 1 is 1.09 bits per heavy atom. The zero-order chi connectivity index (χ0) is 16.1. The SMILES string of the molecule is O=c1cc(CN(CCCO)c2ccccc2)nc2ccccn12. The average molecular weight is 309 g/mol. The Morgan fingerprint density at radius 2 is 1.87 bits per heavy atom. The topological polar surface area (TPSA) is 57.8 Å². The second-order valence-electron chi connectivity index (χ2n) is 5.35. The fourth-order valence-corrected chi connectivity index (χ4v) is 2.58. The van der Waals surface area contributed by atoms with E-state index in [-0.39, 0.29) is 12.2 Å². The van der Waals surface area contributed by atoms with E-state index in [1.165, 1.54) is 4.40 Å². The first-order valence-electron chi connectivity index (χ1n) is 7.66. The zero-order valence-corrected chi connectivity index (χ0v) is 12.8. The molecule has 0 amide bonds. The molecule has 5 nitrogen and oxygen atoms in total. The molecule has 0 spiro atoms. The van der Waals surface area contributed by atoms with Crippen LogP contribution in [0.3, 0.4) is 0 Å². The Balaban J connectivity index is 1.92. The minimum absolute atomic E-state index is 0.0826. The predicted octanol–water partition coefficient (Wildman–Crippen LogP) is 2.08. The van der Waals surface area contributed by atoms with Gasteiger partial charge in [-0.25, -0.2) is 4.98 Å². The Bertz CT molecular complexity index is 830. The van der Waals surface area contributed by atoms with E-state index in [0.717, 1.165) is 11.4 Å². The number of anilines is 1. The quantitative estimate of drug-likeness (QED) is 0.757. The van der Waals surface area contributed by atoms with Crippen molar-refractivity contribution in [3.8, 4) is 0 Å². The highest BCUT2D eigenvalue weighted by Gasteiger charge is 2.09. The van der Waals surface area contributed by atoms with Crippen LogP contribution in [0.15, 0.2) is 65.6 Å². The van der Waals surface area contributed by atoms with E-state index in [9.17, 15) is 4.79 Å². The van der Waals surface area contributed by atoms with Gasteiger partial charge in [0.15, 0.2) is 0 Å². The summed E-state index contributed by atoms with van der Waals surface area (Å²) >= 11 is 0. The van der Waals surface area contributed by atoms with E-state index in [1.807, 2.05) is 48.5 Å². The molecule has 1 N–H and O–H groups in total. The maximum absolute atomic E-state index is 12.2. The Hall–Kier alpha value is -2.66. The number of aromatic nitrogens is 2. The minimum Gasteiger partial charge on any atom is -0.396 e. The van der Waals surface area contributed by atoms with Gasteiger partial charge in [-0.2, -0.15) is 0 Å². The first kappa shape index (κ1) is 15.2. The third kappa shape index (κ3) is 3.57. The summed E-state index contributed by atoms with van der Waals surface area (Å²) in [6.07, 6.45) is 2.39. The van der Waals surface area contributed by atoms with Crippen molar-refractivity contribution in [1.82, 2.24) is 9.38 Å². The number of para-hydroxylation sites is 1. The van der Waals surface area contributed by atoms with E-state index < -0.39 is 0 Å². The third-order valence-electron chi connectivity index (χ3n) is 3.68. The van der Waals surface area contributed by atoms with E-state index in [1.54, 1.807) is 12.3 Å². The number of pyridine rings is 1. The molecule has 3 rings (SSSR count). The van der Waals surface area contributed by atoms with Crippen LogP contribution in [0.2, 0.25) is 0 Å². The number of benzene rings is 1. The first-order valence-corrected chi connectivity index (χ1v) is 7.66. The molecular formula is C18H19N3O2. The smallest absolute Gasteiger partial charge is 0.258 e. The number of aliphatic hydroxyl groups is 1. The van der Waals surface area contributed by atoms with Crippen LogP contribution < -0.4 is 10.5 Å². The van der Waals surface area contributed by atoms with E-state index >= 15 is 0 Å². The van der Waals surface area contributed by atoms with Crippen LogP contribution >= 0.6 is 0 Å². The number of hydrogen-bond acceptors (Lipinski definition) is 4. The van der Waals surface area contributed by atoms with Gasteiger partial charge in [0.05, 0.1) is 12.2 Å². The number of rotatable bonds is 6. The van der Waals surface area contributed by atoms with Gasteiger partial charge in [-0.05, 0) is 30.7 Å². The lowest BCUT2D eigenvalue weighted by atomic mass is 10.2. The molecule has 23 heavy (non-hydrogen) atoms. The van der Waals surface area contributed by atoms with Crippen LogP contribution in [0.25, 0.3) is 5.65 Å². The lowest BCUT2D eigenvalue weighted by Crippen LogP contribution is -2.26. The maximum Gasteiger partial charge on any atom is 0.258 e. The normalized spacial score (nSPS) is 10.8. The van der Waals surface area contributed by atoms with E-state index in [2.05, 4.69) is 9.88 Å². The molecule has 0 fully saturated rings. The Kier molecular flexibility index (Phi) is 4.68. The van der Waals surface area contributed by atoms with Crippen LogP contribution in [0.1, 0.15) is 12.1 Å². The Labute approximate surface area is 134 Å². The molecule has 0 saturated heterocycles. The summed E-state index contributed by atoms with van der Waals surface area (Å²) in [4.78, 5) is 18.9. The van der Waals surface area contributed by atoms with Crippen molar-refractivity contribution < 1.29 is 5.11 Å². The lowest BCUT2D eigenvalue weighted by Gasteiger charge is -2.24. The minimum atomic E-state index is -0.0826. The third-order valence-corrected chi connectivity index (χ3v) is 3.68. The van der Waals surface area contributed by atoms with Gasteiger partial charge in [0.25, 0.3) is 5.56 Å². The summed E-state index contributed by atoms with van der Waals surface area (Å²) in [6.45, 7) is 1.37. The summed E-state index contributed by atoms with van der Waals surface area (Å²) in [5.74, 6) is 0. The van der Waals surface area contributed by atoms with Crippen LogP contribution in [0, 0.1) is 0 Å². The molecule has 118 valence electrons. The van der Waals surface area contributed by atoms with Crippen LogP contribution in [-0.2, 0) is 6.54 Å². The van der Waals surface area contributed by atoms with Crippen molar-refractivity contribution >= 4 is 11.3 Å². The molecule has 2 aromatic heterocycles. The van der Waals surface area contributed by atoms with E-state index in [0.29, 0.717) is 25.2 Å². The second kappa shape index (κ2) is 7.07. The summed E-state index contributed by atoms with van der Waals surface area (Å²) in [7, 11) is 0. The van der Waals surface area contributed by atoms with Crippen molar-refractivity contribution in [2.24, 2.45) is 0 Å². The summed E-state index contributed by atoms with van der Waals surface area (Å²) in [5.41, 5.74) is 2.34. The molecule has 0 saturated carbocycles. The van der Waals surface area contributed by atoms with Crippen LogP contribution in [0.4, 0.5) is 5.69 Å². The molecule has 0 bridgehead atoms. The first-order chi connectivity index (χ1) is 11.3. The van der Waals surface area contributed by atoms with Gasteiger partial charge in [0.1, 0.15) is 5.65 Å². The monoisotopic (exact) mass is 309 g/mol. The summed E-state index contributed by atoms with van der Waals surface area (Å²) in [5, 5.41) is 9.12. The van der Waals surface area contributed by atoms with Gasteiger partial charge >= 0.3 is 0 Å². The fourth-order valence-electron chi connectivity index (χ4n) is 2.58. The molecule has 0 aliphatic rings. The molecular weight excluding hydrogens is 290 g/mol. The van der Waals surface area contributed by atoms with E-state index in [4.69, 9.17) is 5.11 Å². The lowest BCUT2D eigenvalue weighted by molar-refractivity contribution is 0.289. The highest BCUT2D eigenvalue weighted by Crippen LogP contribution is 2.16. The van der Waals surface area contributed by atoms with Gasteiger partial charge in [-0.15, -0.1) is 0 Å². The number of nitrogens with zero attached hydrogens (tertiary/aromatic N) is 3.